The van der Waals surface area contributed by atoms with Crippen molar-refractivity contribution < 1.29 is 0 Å². The van der Waals surface area contributed by atoms with E-state index in [1.807, 2.05) is 0 Å². The van der Waals surface area contributed by atoms with Gasteiger partial charge in [0.25, 0.3) is 0 Å². The second-order valence-electron chi connectivity index (χ2n) is 11.0. The molecule has 0 saturated heterocycles. The second-order valence-corrected chi connectivity index (χ2v) is 11.0. The highest BCUT2D eigenvalue weighted by molar-refractivity contribution is 4.91. The Balaban J connectivity index is 1.84. The molecule has 1 spiro atoms. The molecule has 2 fully saturated rings. The van der Waals surface area contributed by atoms with Crippen molar-refractivity contribution in [2.24, 2.45) is 40.7 Å². The lowest BCUT2D eigenvalue weighted by molar-refractivity contribution is 0.194. The van der Waals surface area contributed by atoms with E-state index >= 15 is 0 Å². The third-order valence-corrected chi connectivity index (χ3v) is 8.02. The van der Waals surface area contributed by atoms with E-state index in [0.717, 1.165) is 42.6 Å². The Kier molecular flexibility index (Phi) is 9.62. The maximum atomic E-state index is 6.20. The molecule has 6 atom stereocenters. The SMILES string of the molecule is CCC(C)CC(C)C(CNCC1CCC(C)CC2(CCCC2)C1)CC(C)N. The van der Waals surface area contributed by atoms with Gasteiger partial charge in [-0.25, -0.2) is 0 Å². The third-order valence-electron chi connectivity index (χ3n) is 8.02. The smallest absolute Gasteiger partial charge is 0.00136 e. The molecule has 2 nitrogen and oxygen atoms in total. The van der Waals surface area contributed by atoms with Crippen molar-refractivity contribution in [1.82, 2.24) is 5.32 Å². The summed E-state index contributed by atoms with van der Waals surface area (Å²) in [6.07, 6.45) is 15.7. The minimum Gasteiger partial charge on any atom is -0.328 e. The normalized spacial score (nSPS) is 30.0. The lowest BCUT2D eigenvalue weighted by atomic mass is 9.74. The fourth-order valence-electron chi connectivity index (χ4n) is 6.33. The molecule has 27 heavy (non-hydrogen) atoms. The number of nitrogens with two attached hydrogens (primary N) is 1. The highest BCUT2D eigenvalue weighted by atomic mass is 14.9. The maximum Gasteiger partial charge on any atom is 0.00136 e. The summed E-state index contributed by atoms with van der Waals surface area (Å²) in [5.41, 5.74) is 6.90. The van der Waals surface area contributed by atoms with Crippen LogP contribution in [0.4, 0.5) is 0 Å². The number of rotatable bonds is 10. The van der Waals surface area contributed by atoms with Crippen LogP contribution in [-0.2, 0) is 0 Å². The summed E-state index contributed by atoms with van der Waals surface area (Å²) in [5, 5.41) is 3.93. The first-order valence-electron chi connectivity index (χ1n) is 12.3. The molecule has 0 bridgehead atoms. The van der Waals surface area contributed by atoms with Crippen molar-refractivity contribution in [2.45, 2.75) is 111 Å². The predicted molar refractivity (Wildman–Crippen MR) is 120 cm³/mol. The van der Waals surface area contributed by atoms with Gasteiger partial charge in [0.1, 0.15) is 0 Å². The third kappa shape index (κ3) is 7.69. The number of hydrogen-bond acceptors (Lipinski definition) is 2. The van der Waals surface area contributed by atoms with Crippen LogP contribution in [0, 0.1) is 35.0 Å². The van der Waals surface area contributed by atoms with Crippen LogP contribution in [-0.4, -0.2) is 19.1 Å². The molecule has 2 aliphatic rings. The number of nitrogens with one attached hydrogen (secondary N) is 1. The van der Waals surface area contributed by atoms with Gasteiger partial charge >= 0.3 is 0 Å². The summed E-state index contributed by atoms with van der Waals surface area (Å²) < 4.78 is 0. The average Bonchev–Trinajstić information content (AvgIpc) is 2.98. The van der Waals surface area contributed by atoms with E-state index in [9.17, 15) is 0 Å². The van der Waals surface area contributed by atoms with E-state index < -0.39 is 0 Å². The summed E-state index contributed by atoms with van der Waals surface area (Å²) in [7, 11) is 0. The Bertz CT molecular complexity index is 399. The van der Waals surface area contributed by atoms with Crippen LogP contribution in [0.3, 0.4) is 0 Å². The van der Waals surface area contributed by atoms with E-state index in [4.69, 9.17) is 5.73 Å². The van der Waals surface area contributed by atoms with E-state index in [2.05, 4.69) is 39.9 Å². The van der Waals surface area contributed by atoms with Crippen LogP contribution < -0.4 is 11.1 Å². The summed E-state index contributed by atoms with van der Waals surface area (Å²) in [5.74, 6) is 4.17. The fraction of sp³-hybridized carbons (Fsp3) is 1.00. The summed E-state index contributed by atoms with van der Waals surface area (Å²) in [6, 6.07) is 0.316. The Hall–Kier alpha value is -0.0800. The van der Waals surface area contributed by atoms with Gasteiger partial charge < -0.3 is 11.1 Å². The lowest BCUT2D eigenvalue weighted by Crippen LogP contribution is -2.35. The van der Waals surface area contributed by atoms with Gasteiger partial charge in [-0.1, -0.05) is 53.4 Å². The molecule has 3 N–H and O–H groups in total. The molecule has 0 aliphatic heterocycles. The molecule has 0 radical (unpaired) electrons. The van der Waals surface area contributed by atoms with Crippen molar-refractivity contribution in [2.75, 3.05) is 13.1 Å². The Morgan fingerprint density at radius 3 is 2.37 bits per heavy atom. The minimum absolute atomic E-state index is 0.316. The van der Waals surface area contributed by atoms with E-state index in [1.165, 1.54) is 70.8 Å². The topological polar surface area (TPSA) is 38.0 Å². The highest BCUT2D eigenvalue weighted by Gasteiger charge is 2.39. The van der Waals surface area contributed by atoms with Crippen LogP contribution in [0.1, 0.15) is 105 Å². The Labute approximate surface area is 170 Å². The molecule has 0 heterocycles. The van der Waals surface area contributed by atoms with Gasteiger partial charge in [-0.05, 0) is 100.0 Å². The summed E-state index contributed by atoms with van der Waals surface area (Å²) in [6.45, 7) is 14.3. The largest absolute Gasteiger partial charge is 0.328 e. The maximum absolute atomic E-state index is 6.20. The lowest BCUT2D eigenvalue weighted by Gasteiger charge is -2.32. The first-order valence-corrected chi connectivity index (χ1v) is 12.3. The zero-order valence-electron chi connectivity index (χ0n) is 19.2. The van der Waals surface area contributed by atoms with E-state index in [1.54, 1.807) is 0 Å². The van der Waals surface area contributed by atoms with Crippen molar-refractivity contribution >= 4 is 0 Å². The zero-order valence-corrected chi connectivity index (χ0v) is 19.2. The Morgan fingerprint density at radius 2 is 1.74 bits per heavy atom. The first kappa shape index (κ1) is 23.2. The van der Waals surface area contributed by atoms with Crippen LogP contribution in [0.25, 0.3) is 0 Å². The van der Waals surface area contributed by atoms with Crippen molar-refractivity contribution in [3.05, 3.63) is 0 Å². The molecule has 2 heteroatoms. The molecule has 160 valence electrons. The summed E-state index contributed by atoms with van der Waals surface area (Å²) >= 11 is 0. The fourth-order valence-corrected chi connectivity index (χ4v) is 6.33. The molecular weight excluding hydrogens is 328 g/mol. The molecule has 0 amide bonds. The van der Waals surface area contributed by atoms with Crippen molar-refractivity contribution in [1.29, 1.82) is 0 Å². The summed E-state index contributed by atoms with van der Waals surface area (Å²) in [4.78, 5) is 0. The molecule has 2 saturated carbocycles. The van der Waals surface area contributed by atoms with E-state index in [-0.39, 0.29) is 0 Å². The first-order chi connectivity index (χ1) is 12.8. The van der Waals surface area contributed by atoms with Gasteiger partial charge in [-0.15, -0.1) is 0 Å². The van der Waals surface area contributed by atoms with Gasteiger partial charge in [0.2, 0.25) is 0 Å². The van der Waals surface area contributed by atoms with Gasteiger partial charge in [-0.2, -0.15) is 0 Å². The van der Waals surface area contributed by atoms with Gasteiger partial charge in [0.15, 0.2) is 0 Å². The van der Waals surface area contributed by atoms with Crippen LogP contribution in [0.5, 0.6) is 0 Å². The van der Waals surface area contributed by atoms with Gasteiger partial charge in [-0.3, -0.25) is 0 Å². The van der Waals surface area contributed by atoms with Crippen molar-refractivity contribution in [3.63, 3.8) is 0 Å². The molecule has 0 aromatic carbocycles. The second kappa shape index (κ2) is 11.2. The van der Waals surface area contributed by atoms with Gasteiger partial charge in [0.05, 0.1) is 0 Å². The van der Waals surface area contributed by atoms with Crippen LogP contribution in [0.2, 0.25) is 0 Å². The molecule has 2 rings (SSSR count). The predicted octanol–water partition coefficient (Wildman–Crippen LogP) is 6.39. The molecular formula is C25H50N2. The quantitative estimate of drug-likeness (QED) is 0.462. The monoisotopic (exact) mass is 378 g/mol. The standard InChI is InChI=1S/C25H50N2/c1-6-19(2)13-21(4)24(14-22(5)26)18-27-17-23-10-9-20(3)15-25(16-23)11-7-8-12-25/h19-24,27H,6-18,26H2,1-5H3. The zero-order chi connectivity index (χ0) is 19.9. The minimum atomic E-state index is 0.316. The average molecular weight is 379 g/mol. The van der Waals surface area contributed by atoms with Gasteiger partial charge in [0, 0.05) is 6.04 Å². The van der Waals surface area contributed by atoms with Crippen molar-refractivity contribution in [3.8, 4) is 0 Å². The molecule has 2 aliphatic carbocycles. The Morgan fingerprint density at radius 1 is 1.04 bits per heavy atom. The van der Waals surface area contributed by atoms with Crippen LogP contribution >= 0.6 is 0 Å². The molecule has 0 aromatic heterocycles. The molecule has 0 aromatic rings. The highest BCUT2D eigenvalue weighted by Crippen LogP contribution is 2.50. The number of hydrogen-bond donors (Lipinski definition) is 2. The van der Waals surface area contributed by atoms with Crippen LogP contribution in [0.15, 0.2) is 0 Å². The van der Waals surface area contributed by atoms with E-state index in [0.29, 0.717) is 11.5 Å². The molecule has 6 unspecified atom stereocenters.